The molecule has 0 bridgehead atoms. The number of aromatic nitrogens is 1. The second kappa shape index (κ2) is 4.37. The number of rotatable bonds is 2. The highest BCUT2D eigenvalue weighted by Crippen LogP contribution is 2.29. The second-order valence-corrected chi connectivity index (χ2v) is 4.41. The van der Waals surface area contributed by atoms with Gasteiger partial charge in [-0.3, -0.25) is 0 Å². The Labute approximate surface area is 102 Å². The molecule has 0 atom stereocenters. The van der Waals surface area contributed by atoms with Gasteiger partial charge in [-0.2, -0.15) is 0 Å². The molecule has 2 aromatic rings. The smallest absolute Gasteiger partial charge is 0.126 e. The zero-order valence-corrected chi connectivity index (χ0v) is 10.6. The van der Waals surface area contributed by atoms with Crippen molar-refractivity contribution in [2.24, 2.45) is 0 Å². The molecule has 1 aromatic carbocycles. The van der Waals surface area contributed by atoms with E-state index in [4.69, 9.17) is 11.6 Å². The first-order valence-electron chi connectivity index (χ1n) is 4.71. The summed E-state index contributed by atoms with van der Waals surface area (Å²) in [4.78, 5) is 4.48. The fourth-order valence-electron chi connectivity index (χ4n) is 1.43. The van der Waals surface area contributed by atoms with Crippen LogP contribution in [0.15, 0.2) is 28.7 Å². The molecule has 2 rings (SSSR count). The molecule has 15 heavy (non-hydrogen) atoms. The molecule has 0 aliphatic rings. The average Bonchev–Trinajstić information content (AvgIpc) is 2.24. The van der Waals surface area contributed by atoms with E-state index in [1.54, 1.807) is 0 Å². The van der Waals surface area contributed by atoms with E-state index in [-0.39, 0.29) is 0 Å². The van der Waals surface area contributed by atoms with Crippen LogP contribution in [0.4, 0.5) is 5.82 Å². The number of pyridine rings is 1. The van der Waals surface area contributed by atoms with E-state index in [1.807, 2.05) is 31.2 Å². The third-order valence-electron chi connectivity index (χ3n) is 2.11. The second-order valence-electron chi connectivity index (χ2n) is 3.15. The maximum atomic E-state index is 6.08. The molecule has 0 radical (unpaired) electrons. The van der Waals surface area contributed by atoms with Gasteiger partial charge in [-0.15, -0.1) is 0 Å². The average molecular weight is 286 g/mol. The van der Waals surface area contributed by atoms with Crippen molar-refractivity contribution >= 4 is 44.3 Å². The summed E-state index contributed by atoms with van der Waals surface area (Å²) in [6.45, 7) is 2.90. The van der Waals surface area contributed by atoms with Crippen LogP contribution in [0.3, 0.4) is 0 Å². The number of anilines is 1. The van der Waals surface area contributed by atoms with E-state index in [1.165, 1.54) is 0 Å². The van der Waals surface area contributed by atoms with Crippen LogP contribution in [0.2, 0.25) is 5.02 Å². The summed E-state index contributed by atoms with van der Waals surface area (Å²) in [5, 5.41) is 4.86. The van der Waals surface area contributed by atoms with Crippen LogP contribution >= 0.6 is 27.5 Å². The van der Waals surface area contributed by atoms with Gasteiger partial charge in [0.1, 0.15) is 5.82 Å². The minimum absolute atomic E-state index is 0.726. The number of hydrogen-bond donors (Lipinski definition) is 1. The Morgan fingerprint density at radius 1 is 1.33 bits per heavy atom. The van der Waals surface area contributed by atoms with Crippen LogP contribution in [0.1, 0.15) is 6.92 Å². The summed E-state index contributed by atoms with van der Waals surface area (Å²) in [5.74, 6) is 0.868. The first kappa shape index (κ1) is 10.7. The van der Waals surface area contributed by atoms with Gasteiger partial charge in [0.05, 0.1) is 10.5 Å². The van der Waals surface area contributed by atoms with E-state index in [0.717, 1.165) is 32.8 Å². The molecule has 2 nitrogen and oxygen atoms in total. The topological polar surface area (TPSA) is 24.9 Å². The molecule has 0 aliphatic carbocycles. The van der Waals surface area contributed by atoms with Gasteiger partial charge in [0.15, 0.2) is 0 Å². The number of hydrogen-bond acceptors (Lipinski definition) is 2. The molecular weight excluding hydrogens is 275 g/mol. The molecule has 0 amide bonds. The Hall–Kier alpha value is -0.800. The van der Waals surface area contributed by atoms with E-state index in [0.29, 0.717) is 0 Å². The first-order chi connectivity index (χ1) is 7.22. The Morgan fingerprint density at radius 2 is 2.13 bits per heavy atom. The number of nitrogens with one attached hydrogen (secondary N) is 1. The van der Waals surface area contributed by atoms with Crippen LogP contribution < -0.4 is 5.32 Å². The number of nitrogens with zero attached hydrogens (tertiary/aromatic N) is 1. The number of halogens is 2. The van der Waals surface area contributed by atoms with Gasteiger partial charge in [0, 0.05) is 16.4 Å². The Morgan fingerprint density at radius 3 is 2.87 bits per heavy atom. The molecule has 4 heteroatoms. The largest absolute Gasteiger partial charge is 0.370 e. The summed E-state index contributed by atoms with van der Waals surface area (Å²) < 4.78 is 0.960. The lowest BCUT2D eigenvalue weighted by atomic mass is 10.2. The van der Waals surface area contributed by atoms with Crippen LogP contribution in [0.25, 0.3) is 10.9 Å². The summed E-state index contributed by atoms with van der Waals surface area (Å²) in [5.41, 5.74) is 0.890. The molecule has 0 spiro atoms. The van der Waals surface area contributed by atoms with Gasteiger partial charge in [-0.05, 0) is 47.1 Å². The molecule has 0 unspecified atom stereocenters. The fourth-order valence-corrected chi connectivity index (χ4v) is 2.08. The molecule has 0 fully saturated rings. The maximum absolute atomic E-state index is 6.08. The molecule has 78 valence electrons. The van der Waals surface area contributed by atoms with Crippen LogP contribution in [-0.2, 0) is 0 Å². The Bertz CT molecular complexity index is 499. The highest BCUT2D eigenvalue weighted by atomic mass is 79.9. The first-order valence-corrected chi connectivity index (χ1v) is 5.88. The molecule has 0 saturated carbocycles. The van der Waals surface area contributed by atoms with Gasteiger partial charge in [0.2, 0.25) is 0 Å². The predicted molar refractivity (Wildman–Crippen MR) is 68.6 cm³/mol. The van der Waals surface area contributed by atoms with Crippen molar-refractivity contribution in [2.75, 3.05) is 11.9 Å². The van der Waals surface area contributed by atoms with Crippen LogP contribution in [-0.4, -0.2) is 11.5 Å². The minimum atomic E-state index is 0.726. The lowest BCUT2D eigenvalue weighted by Crippen LogP contribution is -1.98. The molecule has 1 aromatic heterocycles. The Balaban J connectivity index is 2.65. The monoisotopic (exact) mass is 284 g/mol. The standard InChI is InChI=1S/C11H10BrClN2/c1-2-14-10-6-3-7-9(13)5-4-8(12)11(7)15-10/h3-6H,2H2,1H3,(H,14,15). The maximum Gasteiger partial charge on any atom is 0.126 e. The summed E-state index contributed by atoms with van der Waals surface area (Å²) in [7, 11) is 0. The minimum Gasteiger partial charge on any atom is -0.370 e. The van der Waals surface area contributed by atoms with Gasteiger partial charge in [-0.1, -0.05) is 11.6 Å². The zero-order chi connectivity index (χ0) is 10.8. The van der Waals surface area contributed by atoms with Crippen molar-refractivity contribution in [2.45, 2.75) is 6.92 Å². The third-order valence-corrected chi connectivity index (χ3v) is 3.08. The van der Waals surface area contributed by atoms with Gasteiger partial charge in [-0.25, -0.2) is 4.98 Å². The number of benzene rings is 1. The van der Waals surface area contributed by atoms with Crippen molar-refractivity contribution in [3.63, 3.8) is 0 Å². The van der Waals surface area contributed by atoms with Crippen molar-refractivity contribution in [1.82, 2.24) is 4.98 Å². The SMILES string of the molecule is CCNc1ccc2c(Cl)ccc(Br)c2n1. The highest BCUT2D eigenvalue weighted by Gasteiger charge is 2.04. The van der Waals surface area contributed by atoms with E-state index in [9.17, 15) is 0 Å². The van der Waals surface area contributed by atoms with Crippen LogP contribution in [0.5, 0.6) is 0 Å². The van der Waals surface area contributed by atoms with Gasteiger partial charge in [0.25, 0.3) is 0 Å². The van der Waals surface area contributed by atoms with Crippen LogP contribution in [0, 0.1) is 0 Å². The highest BCUT2D eigenvalue weighted by molar-refractivity contribution is 9.10. The van der Waals surface area contributed by atoms with Crippen molar-refractivity contribution < 1.29 is 0 Å². The predicted octanol–water partition coefficient (Wildman–Crippen LogP) is 4.08. The lowest BCUT2D eigenvalue weighted by molar-refractivity contribution is 1.17. The quantitative estimate of drug-likeness (QED) is 0.899. The summed E-state index contributed by atoms with van der Waals surface area (Å²) in [6.07, 6.45) is 0. The fraction of sp³-hybridized carbons (Fsp3) is 0.182. The molecule has 1 N–H and O–H groups in total. The lowest BCUT2D eigenvalue weighted by Gasteiger charge is -2.06. The third kappa shape index (κ3) is 2.08. The normalized spacial score (nSPS) is 10.6. The molecular formula is C11H10BrClN2. The van der Waals surface area contributed by atoms with Crippen molar-refractivity contribution in [3.05, 3.63) is 33.8 Å². The molecule has 1 heterocycles. The van der Waals surface area contributed by atoms with Crippen molar-refractivity contribution in [1.29, 1.82) is 0 Å². The van der Waals surface area contributed by atoms with Crippen molar-refractivity contribution in [3.8, 4) is 0 Å². The number of fused-ring (bicyclic) bond motifs is 1. The van der Waals surface area contributed by atoms with E-state index < -0.39 is 0 Å². The molecule has 0 saturated heterocycles. The zero-order valence-electron chi connectivity index (χ0n) is 8.22. The molecule has 0 aliphatic heterocycles. The summed E-state index contributed by atoms with van der Waals surface area (Å²) in [6, 6.07) is 7.69. The van der Waals surface area contributed by atoms with Gasteiger partial charge >= 0.3 is 0 Å². The van der Waals surface area contributed by atoms with E-state index >= 15 is 0 Å². The summed E-state index contributed by atoms with van der Waals surface area (Å²) >= 11 is 9.54. The Kier molecular flexibility index (Phi) is 3.12. The van der Waals surface area contributed by atoms with E-state index in [2.05, 4.69) is 26.2 Å². The van der Waals surface area contributed by atoms with Gasteiger partial charge < -0.3 is 5.32 Å².